The zero-order valence-corrected chi connectivity index (χ0v) is 15.5. The highest BCUT2D eigenvalue weighted by Crippen LogP contribution is 2.37. The standard InChI is InChI=1S/C20H32N2O2/c1-5-22(15(2)3)13-16-8-10-17(11-9-16)19(24)21-18-7-6-12-20(18,4)14-23/h8-11,15,18,23H,5-7,12-14H2,1-4H3,(H,21,24). The number of amides is 1. The Bertz CT molecular complexity index is 541. The number of benzene rings is 1. The molecular weight excluding hydrogens is 300 g/mol. The van der Waals surface area contributed by atoms with Crippen molar-refractivity contribution in [3.63, 3.8) is 0 Å². The smallest absolute Gasteiger partial charge is 0.251 e. The maximum atomic E-state index is 12.5. The van der Waals surface area contributed by atoms with E-state index >= 15 is 0 Å². The summed E-state index contributed by atoms with van der Waals surface area (Å²) in [4.78, 5) is 14.9. The summed E-state index contributed by atoms with van der Waals surface area (Å²) in [5.74, 6) is -0.0377. The summed E-state index contributed by atoms with van der Waals surface area (Å²) in [7, 11) is 0. The average Bonchev–Trinajstić information content (AvgIpc) is 2.94. The third-order valence-electron chi connectivity index (χ3n) is 5.49. The molecule has 0 aromatic heterocycles. The molecule has 2 atom stereocenters. The topological polar surface area (TPSA) is 52.6 Å². The van der Waals surface area contributed by atoms with Crippen molar-refractivity contribution in [2.45, 2.75) is 65.6 Å². The van der Waals surface area contributed by atoms with Crippen molar-refractivity contribution >= 4 is 5.91 Å². The van der Waals surface area contributed by atoms with E-state index < -0.39 is 0 Å². The van der Waals surface area contributed by atoms with Gasteiger partial charge in [-0.2, -0.15) is 0 Å². The van der Waals surface area contributed by atoms with Gasteiger partial charge in [-0.15, -0.1) is 0 Å². The van der Waals surface area contributed by atoms with E-state index in [4.69, 9.17) is 0 Å². The van der Waals surface area contributed by atoms with Crippen LogP contribution in [-0.4, -0.2) is 41.1 Å². The molecular formula is C20H32N2O2. The Hall–Kier alpha value is -1.39. The van der Waals surface area contributed by atoms with E-state index in [1.54, 1.807) is 0 Å². The minimum absolute atomic E-state index is 0.0377. The number of carbonyl (C=O) groups excluding carboxylic acids is 1. The molecule has 134 valence electrons. The first kappa shape index (κ1) is 18.9. The van der Waals surface area contributed by atoms with Gasteiger partial charge < -0.3 is 10.4 Å². The van der Waals surface area contributed by atoms with E-state index in [0.717, 1.165) is 32.4 Å². The zero-order valence-electron chi connectivity index (χ0n) is 15.5. The van der Waals surface area contributed by atoms with Crippen molar-refractivity contribution in [1.29, 1.82) is 0 Å². The van der Waals surface area contributed by atoms with Gasteiger partial charge in [0.15, 0.2) is 0 Å². The Balaban J connectivity index is 1.99. The fourth-order valence-corrected chi connectivity index (χ4v) is 3.57. The molecule has 1 aliphatic rings. The fraction of sp³-hybridized carbons (Fsp3) is 0.650. The third-order valence-corrected chi connectivity index (χ3v) is 5.49. The molecule has 1 aromatic carbocycles. The van der Waals surface area contributed by atoms with Crippen molar-refractivity contribution in [3.05, 3.63) is 35.4 Å². The SMILES string of the molecule is CCN(Cc1ccc(C(=O)NC2CCCC2(C)CO)cc1)C(C)C. The first-order chi connectivity index (χ1) is 11.4. The van der Waals surface area contributed by atoms with E-state index in [-0.39, 0.29) is 24.0 Å². The molecule has 4 nitrogen and oxygen atoms in total. The lowest BCUT2D eigenvalue weighted by Gasteiger charge is -2.30. The molecule has 1 aliphatic carbocycles. The van der Waals surface area contributed by atoms with Crippen LogP contribution in [0.4, 0.5) is 0 Å². The molecule has 2 unspecified atom stereocenters. The van der Waals surface area contributed by atoms with Gasteiger partial charge in [0.2, 0.25) is 0 Å². The van der Waals surface area contributed by atoms with Crippen LogP contribution in [-0.2, 0) is 6.54 Å². The van der Waals surface area contributed by atoms with Crippen LogP contribution in [0.2, 0.25) is 0 Å². The lowest BCUT2D eigenvalue weighted by atomic mass is 9.85. The Morgan fingerprint density at radius 2 is 2.04 bits per heavy atom. The maximum absolute atomic E-state index is 12.5. The highest BCUT2D eigenvalue weighted by atomic mass is 16.3. The van der Waals surface area contributed by atoms with Crippen LogP contribution >= 0.6 is 0 Å². The van der Waals surface area contributed by atoms with Crippen LogP contribution < -0.4 is 5.32 Å². The lowest BCUT2D eigenvalue weighted by Crippen LogP contribution is -2.44. The maximum Gasteiger partial charge on any atom is 0.251 e. The van der Waals surface area contributed by atoms with Gasteiger partial charge in [-0.3, -0.25) is 9.69 Å². The number of nitrogens with one attached hydrogen (secondary N) is 1. The highest BCUT2D eigenvalue weighted by Gasteiger charge is 2.39. The van der Waals surface area contributed by atoms with Crippen molar-refractivity contribution in [3.8, 4) is 0 Å². The molecule has 2 N–H and O–H groups in total. The Labute approximate surface area is 146 Å². The molecule has 2 rings (SSSR count). The van der Waals surface area contributed by atoms with E-state index in [2.05, 4.69) is 37.9 Å². The summed E-state index contributed by atoms with van der Waals surface area (Å²) in [5, 5.41) is 12.7. The number of nitrogens with zero attached hydrogens (tertiary/aromatic N) is 1. The average molecular weight is 332 g/mol. The molecule has 4 heteroatoms. The Kier molecular flexibility index (Phi) is 6.41. The minimum Gasteiger partial charge on any atom is -0.396 e. The van der Waals surface area contributed by atoms with Crippen LogP contribution in [0.1, 0.15) is 62.9 Å². The van der Waals surface area contributed by atoms with E-state index in [1.165, 1.54) is 5.56 Å². The van der Waals surface area contributed by atoms with Crippen molar-refractivity contribution in [2.75, 3.05) is 13.2 Å². The highest BCUT2D eigenvalue weighted by molar-refractivity contribution is 5.94. The molecule has 0 spiro atoms. The second-order valence-corrected chi connectivity index (χ2v) is 7.58. The summed E-state index contributed by atoms with van der Waals surface area (Å²) in [5.41, 5.74) is 1.73. The van der Waals surface area contributed by atoms with Crippen LogP contribution in [0.3, 0.4) is 0 Å². The van der Waals surface area contributed by atoms with Gasteiger partial charge in [0.05, 0.1) is 6.61 Å². The molecule has 0 bridgehead atoms. The zero-order chi connectivity index (χ0) is 17.7. The third kappa shape index (κ3) is 4.37. The number of carbonyl (C=O) groups is 1. The molecule has 0 aliphatic heterocycles. The van der Waals surface area contributed by atoms with Crippen LogP contribution in [0.25, 0.3) is 0 Å². The molecule has 1 amide bonds. The molecule has 1 fully saturated rings. The van der Waals surface area contributed by atoms with Gasteiger partial charge in [0.1, 0.15) is 0 Å². The monoisotopic (exact) mass is 332 g/mol. The normalized spacial score (nSPS) is 23.9. The molecule has 24 heavy (non-hydrogen) atoms. The first-order valence-electron chi connectivity index (χ1n) is 9.14. The summed E-state index contributed by atoms with van der Waals surface area (Å²) < 4.78 is 0. The minimum atomic E-state index is -0.186. The van der Waals surface area contributed by atoms with E-state index in [1.807, 2.05) is 24.3 Å². The molecule has 0 saturated heterocycles. The summed E-state index contributed by atoms with van der Waals surface area (Å²) in [6.07, 6.45) is 2.97. The van der Waals surface area contributed by atoms with Gasteiger partial charge >= 0.3 is 0 Å². The Morgan fingerprint density at radius 3 is 2.58 bits per heavy atom. The molecule has 0 heterocycles. The summed E-state index contributed by atoms with van der Waals surface area (Å²) in [6.45, 7) is 10.7. The first-order valence-corrected chi connectivity index (χ1v) is 9.14. The summed E-state index contributed by atoms with van der Waals surface area (Å²) in [6, 6.07) is 8.47. The second-order valence-electron chi connectivity index (χ2n) is 7.58. The molecule has 1 saturated carbocycles. The number of hydrogen-bond acceptors (Lipinski definition) is 3. The van der Waals surface area contributed by atoms with Crippen molar-refractivity contribution < 1.29 is 9.90 Å². The van der Waals surface area contributed by atoms with Crippen molar-refractivity contribution in [1.82, 2.24) is 10.2 Å². The van der Waals surface area contributed by atoms with Gasteiger partial charge in [0, 0.05) is 29.6 Å². The van der Waals surface area contributed by atoms with Gasteiger partial charge in [0.25, 0.3) is 5.91 Å². The molecule has 0 radical (unpaired) electrons. The number of aliphatic hydroxyl groups is 1. The predicted molar refractivity (Wildman–Crippen MR) is 98.0 cm³/mol. The molecule has 1 aromatic rings. The summed E-state index contributed by atoms with van der Waals surface area (Å²) >= 11 is 0. The van der Waals surface area contributed by atoms with Gasteiger partial charge in [-0.1, -0.05) is 32.4 Å². The number of aliphatic hydroxyl groups excluding tert-OH is 1. The van der Waals surface area contributed by atoms with E-state index in [0.29, 0.717) is 11.6 Å². The second kappa shape index (κ2) is 8.13. The number of hydrogen-bond donors (Lipinski definition) is 2. The van der Waals surface area contributed by atoms with E-state index in [9.17, 15) is 9.90 Å². The number of rotatable bonds is 7. The van der Waals surface area contributed by atoms with Gasteiger partial charge in [-0.05, 0) is 50.9 Å². The lowest BCUT2D eigenvalue weighted by molar-refractivity contribution is 0.0830. The Morgan fingerprint density at radius 1 is 1.38 bits per heavy atom. The predicted octanol–water partition coefficient (Wildman–Crippen LogP) is 3.20. The van der Waals surface area contributed by atoms with Crippen LogP contribution in [0.15, 0.2) is 24.3 Å². The fourth-order valence-electron chi connectivity index (χ4n) is 3.57. The quantitative estimate of drug-likeness (QED) is 0.806. The van der Waals surface area contributed by atoms with Crippen LogP contribution in [0.5, 0.6) is 0 Å². The van der Waals surface area contributed by atoms with Crippen molar-refractivity contribution in [2.24, 2.45) is 5.41 Å². The largest absolute Gasteiger partial charge is 0.396 e. The van der Waals surface area contributed by atoms with Gasteiger partial charge in [-0.25, -0.2) is 0 Å². The van der Waals surface area contributed by atoms with Crippen LogP contribution in [0, 0.1) is 5.41 Å².